The van der Waals surface area contributed by atoms with Gasteiger partial charge in [-0.25, -0.2) is 0 Å². The molecule has 2 aromatic rings. The number of carbonyl (C=O) groups excluding carboxylic acids is 4. The zero-order valence-electron chi connectivity index (χ0n) is 20.1. The third kappa shape index (κ3) is 3.58. The summed E-state index contributed by atoms with van der Waals surface area (Å²) >= 11 is 0. The highest BCUT2D eigenvalue weighted by atomic mass is 16.5. The van der Waals surface area contributed by atoms with E-state index in [1.807, 2.05) is 19.1 Å². The van der Waals surface area contributed by atoms with Gasteiger partial charge >= 0.3 is 5.97 Å². The van der Waals surface area contributed by atoms with E-state index >= 15 is 0 Å². The van der Waals surface area contributed by atoms with Crippen LogP contribution in [0.2, 0.25) is 0 Å². The van der Waals surface area contributed by atoms with Crippen LogP contribution in [0.4, 0.5) is 11.4 Å². The average molecular weight is 489 g/mol. The Hall–Kier alpha value is -3.68. The van der Waals surface area contributed by atoms with Gasteiger partial charge in [0.25, 0.3) is 0 Å². The van der Waals surface area contributed by atoms with E-state index in [2.05, 4.69) is 0 Å². The first kappa shape index (κ1) is 22.8. The fraction of sp³-hybridized carbons (Fsp3) is 0.429. The van der Waals surface area contributed by atoms with Gasteiger partial charge in [-0.05, 0) is 74.4 Å². The molecule has 4 aliphatic rings. The molecule has 2 heterocycles. The lowest BCUT2D eigenvalue weighted by Gasteiger charge is -2.20. The van der Waals surface area contributed by atoms with Crippen LogP contribution in [0.25, 0.3) is 0 Å². The molecule has 8 nitrogen and oxygen atoms in total. The van der Waals surface area contributed by atoms with Crippen LogP contribution in [-0.2, 0) is 19.2 Å². The Balaban J connectivity index is 1.12. The molecule has 0 aromatic heterocycles. The van der Waals surface area contributed by atoms with Gasteiger partial charge in [0.05, 0.1) is 35.7 Å². The van der Waals surface area contributed by atoms with Gasteiger partial charge in [-0.3, -0.25) is 24.1 Å². The van der Waals surface area contributed by atoms with Crippen molar-refractivity contribution >= 4 is 35.1 Å². The molecule has 186 valence electrons. The average Bonchev–Trinajstić information content (AvgIpc) is 3.64. The van der Waals surface area contributed by atoms with Gasteiger partial charge in [0.2, 0.25) is 17.7 Å². The van der Waals surface area contributed by atoms with Gasteiger partial charge in [0, 0.05) is 13.0 Å². The molecule has 2 saturated heterocycles. The molecule has 2 aromatic carbocycles. The maximum absolute atomic E-state index is 13.0. The Kier molecular flexibility index (Phi) is 5.54. The number of nitrogens with zero attached hydrogens (tertiary/aromatic N) is 2. The Morgan fingerprint density at radius 1 is 0.944 bits per heavy atom. The van der Waals surface area contributed by atoms with Gasteiger partial charge in [-0.15, -0.1) is 0 Å². The van der Waals surface area contributed by atoms with Crippen LogP contribution in [0, 0.1) is 29.6 Å². The van der Waals surface area contributed by atoms with E-state index < -0.39 is 11.9 Å². The summed E-state index contributed by atoms with van der Waals surface area (Å²) in [7, 11) is 0. The number of amides is 3. The summed E-state index contributed by atoms with van der Waals surface area (Å²) < 4.78 is 11.2. The zero-order valence-corrected chi connectivity index (χ0v) is 20.1. The molecular formula is C28H28N2O6. The Labute approximate surface area is 209 Å². The van der Waals surface area contributed by atoms with Crippen LogP contribution in [0.15, 0.2) is 48.5 Å². The lowest BCUT2D eigenvalue weighted by molar-refractivity contribution is -0.139. The van der Waals surface area contributed by atoms with E-state index in [0.717, 1.165) is 19.3 Å². The second-order valence-corrected chi connectivity index (χ2v) is 10.1. The number of benzene rings is 2. The summed E-state index contributed by atoms with van der Waals surface area (Å²) in [6.07, 6.45) is 3.12. The van der Waals surface area contributed by atoms with Gasteiger partial charge < -0.3 is 14.4 Å². The first-order valence-electron chi connectivity index (χ1n) is 12.7. The molecule has 0 N–H and O–H groups in total. The highest BCUT2D eigenvalue weighted by molar-refractivity contribution is 6.22. The fourth-order valence-corrected chi connectivity index (χ4v) is 6.58. The number of ether oxygens (including phenoxy) is 2. The normalized spacial score (nSPS) is 28.7. The molecule has 2 aliphatic heterocycles. The fourth-order valence-electron chi connectivity index (χ4n) is 6.58. The van der Waals surface area contributed by atoms with Crippen LogP contribution >= 0.6 is 0 Å². The summed E-state index contributed by atoms with van der Waals surface area (Å²) in [5.41, 5.74) is 1.15. The highest BCUT2D eigenvalue weighted by Gasteiger charge is 2.61. The second-order valence-electron chi connectivity index (χ2n) is 10.1. The summed E-state index contributed by atoms with van der Waals surface area (Å²) in [6.45, 7) is 2.55. The van der Waals surface area contributed by atoms with Crippen molar-refractivity contribution < 1.29 is 28.7 Å². The topological polar surface area (TPSA) is 93.2 Å². The van der Waals surface area contributed by atoms with E-state index in [9.17, 15) is 19.2 Å². The zero-order chi connectivity index (χ0) is 25.0. The predicted octanol–water partition coefficient (Wildman–Crippen LogP) is 3.58. The van der Waals surface area contributed by atoms with E-state index in [1.165, 1.54) is 4.90 Å². The largest absolute Gasteiger partial charge is 0.492 e. The van der Waals surface area contributed by atoms with Crippen molar-refractivity contribution in [2.75, 3.05) is 23.0 Å². The Morgan fingerprint density at radius 3 is 2.28 bits per heavy atom. The van der Waals surface area contributed by atoms with Crippen LogP contribution < -0.4 is 19.3 Å². The lowest BCUT2D eigenvalue weighted by Crippen LogP contribution is -2.32. The van der Waals surface area contributed by atoms with Gasteiger partial charge in [-0.2, -0.15) is 0 Å². The highest BCUT2D eigenvalue weighted by Crippen LogP contribution is 2.56. The molecule has 0 radical (unpaired) electrons. The maximum Gasteiger partial charge on any atom is 0.316 e. The minimum absolute atomic E-state index is 0.0548. The summed E-state index contributed by atoms with van der Waals surface area (Å²) in [4.78, 5) is 54.5. The number of anilines is 2. The first-order chi connectivity index (χ1) is 17.5. The molecule has 2 saturated carbocycles. The van der Waals surface area contributed by atoms with Crippen molar-refractivity contribution in [2.45, 2.75) is 32.6 Å². The number of rotatable bonds is 6. The smallest absolute Gasteiger partial charge is 0.316 e. The Morgan fingerprint density at radius 2 is 1.61 bits per heavy atom. The molecule has 4 fully saturated rings. The Bertz CT molecular complexity index is 1210. The molecule has 0 unspecified atom stereocenters. The van der Waals surface area contributed by atoms with Gasteiger partial charge in [-0.1, -0.05) is 12.1 Å². The maximum atomic E-state index is 13.0. The monoisotopic (exact) mass is 488 g/mol. The van der Waals surface area contributed by atoms with Crippen molar-refractivity contribution in [3.63, 3.8) is 0 Å². The van der Waals surface area contributed by atoms with E-state index in [4.69, 9.17) is 9.47 Å². The minimum atomic E-state index is -0.608. The number of fused-ring (bicyclic) bond motifs is 5. The quantitative estimate of drug-likeness (QED) is 0.351. The minimum Gasteiger partial charge on any atom is -0.492 e. The third-order valence-electron chi connectivity index (χ3n) is 8.16. The second kappa shape index (κ2) is 8.76. The van der Waals surface area contributed by atoms with Crippen molar-refractivity contribution in [3.8, 4) is 11.5 Å². The molecule has 2 aliphatic carbocycles. The van der Waals surface area contributed by atoms with Crippen LogP contribution in [0.5, 0.6) is 11.5 Å². The number of carbonyl (C=O) groups is 4. The number of imide groups is 1. The van der Waals surface area contributed by atoms with Crippen molar-refractivity contribution in [2.24, 2.45) is 29.6 Å². The van der Waals surface area contributed by atoms with Gasteiger partial charge in [0.1, 0.15) is 11.5 Å². The number of para-hydroxylation sites is 2. The molecule has 6 rings (SSSR count). The van der Waals surface area contributed by atoms with E-state index in [1.54, 1.807) is 41.3 Å². The molecule has 3 amide bonds. The number of hydrogen-bond acceptors (Lipinski definition) is 6. The molecular weight excluding hydrogens is 460 g/mol. The first-order valence-corrected chi connectivity index (χ1v) is 12.7. The molecule has 5 atom stereocenters. The standard InChI is InChI=1S/C28H28N2O6/c1-2-35-22-6-4-3-5-21(22)29-15-18(14-23(29)31)28(34)36-20-11-9-19(10-12-20)30-26(32)24-16-7-8-17(13-16)25(24)27(30)33/h3-6,9-12,16-18,24-25H,2,7-8,13-15H2,1H3/t16-,17-,18+,24+,25+/m0/s1. The van der Waals surface area contributed by atoms with Gasteiger partial charge in [0.15, 0.2) is 0 Å². The van der Waals surface area contributed by atoms with E-state index in [-0.39, 0.29) is 42.5 Å². The van der Waals surface area contributed by atoms with Crippen molar-refractivity contribution in [3.05, 3.63) is 48.5 Å². The van der Waals surface area contributed by atoms with Crippen molar-refractivity contribution in [1.82, 2.24) is 0 Å². The molecule has 8 heteroatoms. The van der Waals surface area contributed by atoms with E-state index in [0.29, 0.717) is 41.3 Å². The SMILES string of the molecule is CCOc1ccccc1N1C[C@H](C(=O)Oc2ccc(N3C(=O)[C@@H]4[C@H]5CC[C@@H](C5)[C@H]4C3=O)cc2)CC1=O. The number of hydrogen-bond donors (Lipinski definition) is 0. The lowest BCUT2D eigenvalue weighted by atomic mass is 9.81. The van der Waals surface area contributed by atoms with Crippen LogP contribution in [-0.4, -0.2) is 36.8 Å². The summed E-state index contributed by atoms with van der Waals surface area (Å²) in [5, 5.41) is 0. The molecule has 2 bridgehead atoms. The molecule has 0 spiro atoms. The third-order valence-corrected chi connectivity index (χ3v) is 8.16. The van der Waals surface area contributed by atoms with Crippen LogP contribution in [0.3, 0.4) is 0 Å². The van der Waals surface area contributed by atoms with Crippen molar-refractivity contribution in [1.29, 1.82) is 0 Å². The number of esters is 1. The summed E-state index contributed by atoms with van der Waals surface area (Å²) in [6, 6.07) is 13.7. The van der Waals surface area contributed by atoms with Crippen LogP contribution in [0.1, 0.15) is 32.6 Å². The summed E-state index contributed by atoms with van der Waals surface area (Å²) in [5.74, 6) is -0.247. The predicted molar refractivity (Wildman–Crippen MR) is 130 cm³/mol. The molecule has 36 heavy (non-hydrogen) atoms.